The first-order valence-electron chi connectivity index (χ1n) is 6.17. The van der Waals surface area contributed by atoms with E-state index < -0.39 is 0 Å². The van der Waals surface area contributed by atoms with Gasteiger partial charge in [-0.25, -0.2) is 0 Å². The Kier molecular flexibility index (Phi) is 5.28. The van der Waals surface area contributed by atoms with Gasteiger partial charge in [0.05, 0.1) is 11.6 Å². The highest BCUT2D eigenvalue weighted by molar-refractivity contribution is 7.98. The molecule has 0 saturated carbocycles. The second-order valence-electron chi connectivity index (χ2n) is 4.14. The van der Waals surface area contributed by atoms with Crippen LogP contribution in [0.25, 0.3) is 6.08 Å². The van der Waals surface area contributed by atoms with E-state index in [0.717, 1.165) is 17.1 Å². The van der Waals surface area contributed by atoms with E-state index >= 15 is 0 Å². The molecule has 0 aliphatic carbocycles. The van der Waals surface area contributed by atoms with Crippen molar-refractivity contribution in [2.24, 2.45) is 0 Å². The quantitative estimate of drug-likeness (QED) is 0.743. The van der Waals surface area contributed by atoms with E-state index in [4.69, 9.17) is 5.26 Å². The molecule has 19 heavy (non-hydrogen) atoms. The van der Waals surface area contributed by atoms with Crippen LogP contribution in [0.1, 0.15) is 16.7 Å². The first-order chi connectivity index (χ1) is 9.38. The smallest absolute Gasteiger partial charge is 0.0991 e. The second-order valence-corrected chi connectivity index (χ2v) is 5.17. The van der Waals surface area contributed by atoms with E-state index in [1.807, 2.05) is 54.2 Å². The molecule has 2 heteroatoms. The summed E-state index contributed by atoms with van der Waals surface area (Å²) < 4.78 is 0. The second kappa shape index (κ2) is 7.45. The fourth-order valence-corrected chi connectivity index (χ4v) is 2.45. The summed E-state index contributed by atoms with van der Waals surface area (Å²) >= 11 is 1.87. The molecule has 0 spiro atoms. The van der Waals surface area contributed by atoms with E-state index in [1.54, 1.807) is 0 Å². The van der Waals surface area contributed by atoms with Gasteiger partial charge in [-0.05, 0) is 23.3 Å². The van der Waals surface area contributed by atoms with E-state index in [2.05, 4.69) is 30.4 Å². The lowest BCUT2D eigenvalue weighted by Crippen LogP contribution is -1.82. The first-order valence-corrected chi connectivity index (χ1v) is 7.32. The van der Waals surface area contributed by atoms with Crippen LogP contribution < -0.4 is 0 Å². The number of hydrogen-bond acceptors (Lipinski definition) is 2. The van der Waals surface area contributed by atoms with Gasteiger partial charge in [-0.2, -0.15) is 17.0 Å². The minimum atomic E-state index is 0.720. The van der Waals surface area contributed by atoms with E-state index in [-0.39, 0.29) is 0 Å². The number of nitrogens with zero attached hydrogens (tertiary/aromatic N) is 1. The summed E-state index contributed by atoms with van der Waals surface area (Å²) in [5, 5.41) is 8.72. The fourth-order valence-electron chi connectivity index (χ4n) is 1.67. The Bertz CT molecular complexity index is 564. The molecule has 0 heterocycles. The van der Waals surface area contributed by atoms with Gasteiger partial charge in [-0.1, -0.05) is 54.6 Å². The van der Waals surface area contributed by atoms with Gasteiger partial charge in [-0.15, -0.1) is 0 Å². The van der Waals surface area contributed by atoms with Crippen molar-refractivity contribution in [3.8, 4) is 6.07 Å². The summed E-state index contributed by atoms with van der Waals surface area (Å²) in [6.45, 7) is 0. The van der Waals surface area contributed by atoms with Gasteiger partial charge in [0.1, 0.15) is 0 Å². The maximum atomic E-state index is 8.72. The molecule has 0 aliphatic heterocycles. The molecule has 0 aliphatic rings. The fraction of sp³-hybridized carbons (Fsp3) is 0.118. The van der Waals surface area contributed by atoms with Crippen molar-refractivity contribution in [2.75, 3.05) is 5.75 Å². The topological polar surface area (TPSA) is 23.8 Å². The summed E-state index contributed by atoms with van der Waals surface area (Å²) in [7, 11) is 0. The standard InChI is InChI=1S/C17H15NS/c18-13-16-8-10-17(11-9-16)14-19-12-4-7-15-5-2-1-3-6-15/h1-11H,12,14H2/b7-4+. The molecule has 1 nitrogen and oxygen atoms in total. The zero-order valence-corrected chi connectivity index (χ0v) is 11.4. The molecule has 0 aromatic heterocycles. The summed E-state index contributed by atoms with van der Waals surface area (Å²) in [6, 6.07) is 20.2. The van der Waals surface area contributed by atoms with Crippen molar-refractivity contribution < 1.29 is 0 Å². The van der Waals surface area contributed by atoms with Crippen LogP contribution in [-0.2, 0) is 5.75 Å². The third-order valence-electron chi connectivity index (χ3n) is 2.68. The van der Waals surface area contributed by atoms with E-state index in [1.165, 1.54) is 11.1 Å². The number of hydrogen-bond donors (Lipinski definition) is 0. The molecule has 0 N–H and O–H groups in total. The number of nitriles is 1. The van der Waals surface area contributed by atoms with Crippen molar-refractivity contribution in [3.63, 3.8) is 0 Å². The highest BCUT2D eigenvalue weighted by atomic mass is 32.2. The van der Waals surface area contributed by atoms with Crippen molar-refractivity contribution in [1.29, 1.82) is 5.26 Å². The van der Waals surface area contributed by atoms with Crippen molar-refractivity contribution in [1.82, 2.24) is 0 Å². The van der Waals surface area contributed by atoms with E-state index in [9.17, 15) is 0 Å². The third kappa shape index (κ3) is 4.65. The first kappa shape index (κ1) is 13.5. The van der Waals surface area contributed by atoms with Gasteiger partial charge in [0, 0.05) is 11.5 Å². The Morgan fingerprint density at radius 3 is 2.42 bits per heavy atom. The molecule has 0 bridgehead atoms. The average Bonchev–Trinajstić information content (AvgIpc) is 2.49. The van der Waals surface area contributed by atoms with Crippen molar-refractivity contribution in [2.45, 2.75) is 5.75 Å². The average molecular weight is 265 g/mol. The van der Waals surface area contributed by atoms with Crippen LogP contribution in [0.15, 0.2) is 60.7 Å². The molecule has 2 rings (SSSR count). The normalized spacial score (nSPS) is 10.5. The van der Waals surface area contributed by atoms with Gasteiger partial charge in [0.25, 0.3) is 0 Å². The highest BCUT2D eigenvalue weighted by Gasteiger charge is 1.93. The number of rotatable bonds is 5. The van der Waals surface area contributed by atoms with Crippen LogP contribution in [0.5, 0.6) is 0 Å². The predicted octanol–water partition coefficient (Wildman–Crippen LogP) is 4.50. The van der Waals surface area contributed by atoms with E-state index in [0.29, 0.717) is 0 Å². The SMILES string of the molecule is N#Cc1ccc(CSC/C=C/c2ccccc2)cc1. The number of benzene rings is 2. The molecular formula is C17H15NS. The molecular weight excluding hydrogens is 250 g/mol. The lowest BCUT2D eigenvalue weighted by Gasteiger charge is -1.99. The molecule has 0 fully saturated rings. The third-order valence-corrected chi connectivity index (χ3v) is 3.64. The van der Waals surface area contributed by atoms with Gasteiger partial charge in [-0.3, -0.25) is 0 Å². The monoisotopic (exact) mass is 265 g/mol. The molecule has 0 saturated heterocycles. The Balaban J connectivity index is 1.75. The molecule has 0 unspecified atom stereocenters. The molecule has 0 radical (unpaired) electrons. The minimum absolute atomic E-state index is 0.720. The number of thioether (sulfide) groups is 1. The maximum absolute atomic E-state index is 8.72. The van der Waals surface area contributed by atoms with Crippen molar-refractivity contribution in [3.05, 3.63) is 77.4 Å². The Morgan fingerprint density at radius 1 is 1.00 bits per heavy atom. The van der Waals surface area contributed by atoms with Crippen LogP contribution in [0, 0.1) is 11.3 Å². The Morgan fingerprint density at radius 2 is 1.74 bits per heavy atom. The van der Waals surface area contributed by atoms with Crippen LogP contribution in [0.3, 0.4) is 0 Å². The summed E-state index contributed by atoms with van der Waals surface area (Å²) in [5.41, 5.74) is 3.22. The van der Waals surface area contributed by atoms with Crippen molar-refractivity contribution >= 4 is 17.8 Å². The van der Waals surface area contributed by atoms with Crippen LogP contribution >= 0.6 is 11.8 Å². The molecule has 2 aromatic rings. The Labute approximate surface area is 118 Å². The van der Waals surface area contributed by atoms with Gasteiger partial charge < -0.3 is 0 Å². The summed E-state index contributed by atoms with van der Waals surface area (Å²) in [4.78, 5) is 0. The maximum Gasteiger partial charge on any atom is 0.0991 e. The lowest BCUT2D eigenvalue weighted by atomic mass is 10.2. The van der Waals surface area contributed by atoms with Gasteiger partial charge in [0.15, 0.2) is 0 Å². The summed E-state index contributed by atoms with van der Waals surface area (Å²) in [5.74, 6) is 1.97. The zero-order chi connectivity index (χ0) is 13.3. The van der Waals surface area contributed by atoms with Crippen LogP contribution in [0.2, 0.25) is 0 Å². The van der Waals surface area contributed by atoms with Gasteiger partial charge in [0.2, 0.25) is 0 Å². The molecule has 2 aromatic carbocycles. The van der Waals surface area contributed by atoms with Gasteiger partial charge >= 0.3 is 0 Å². The zero-order valence-electron chi connectivity index (χ0n) is 10.6. The molecule has 94 valence electrons. The lowest BCUT2D eigenvalue weighted by molar-refractivity contribution is 1.39. The summed E-state index contributed by atoms with van der Waals surface area (Å²) in [6.07, 6.45) is 4.33. The minimum Gasteiger partial charge on any atom is -0.192 e. The Hall–Kier alpha value is -1.98. The van der Waals surface area contributed by atoms with Crippen LogP contribution in [0.4, 0.5) is 0 Å². The molecule has 0 amide bonds. The predicted molar refractivity (Wildman–Crippen MR) is 82.8 cm³/mol. The molecule has 0 atom stereocenters. The highest BCUT2D eigenvalue weighted by Crippen LogP contribution is 2.13. The largest absolute Gasteiger partial charge is 0.192 e. The van der Waals surface area contributed by atoms with Crippen LogP contribution in [-0.4, -0.2) is 5.75 Å².